The standard InChI is InChI=1S/C23H25FO2.C12H22N2O/c1-26-22-12-11-15(14-21(25)16-5-2-6-16)13-19(22)18-9-4-10-20(24)23(18)17-7-3-8-17;1-12(2)7-10(14(3)8-12)11(15)13-9-5-4-6-9/h4,9-13,17,25H,2-3,5-8,14H2,1H3;9-10H,4-8H2,1-3H3,(H,13,15). The second-order valence-corrected chi connectivity index (χ2v) is 13.4. The van der Waals surface area contributed by atoms with Crippen LogP contribution >= 0.6 is 0 Å². The largest absolute Gasteiger partial charge is 0.512 e. The van der Waals surface area contributed by atoms with E-state index in [1.54, 1.807) is 19.2 Å². The van der Waals surface area contributed by atoms with Gasteiger partial charge in [-0.25, -0.2) is 4.39 Å². The van der Waals surface area contributed by atoms with Crippen LogP contribution in [-0.2, 0) is 11.2 Å². The number of carbonyl (C=O) groups excluding carboxylic acids is 1. The van der Waals surface area contributed by atoms with Crippen LogP contribution in [-0.4, -0.2) is 48.7 Å². The quantitative estimate of drug-likeness (QED) is 0.340. The van der Waals surface area contributed by atoms with Crippen molar-refractivity contribution < 1.29 is 19.0 Å². The number of aliphatic hydroxyl groups excluding tert-OH is 1. The molecule has 222 valence electrons. The van der Waals surface area contributed by atoms with Gasteiger partial charge in [-0.2, -0.15) is 0 Å². The summed E-state index contributed by atoms with van der Waals surface area (Å²) in [6.45, 7) is 5.50. The summed E-state index contributed by atoms with van der Waals surface area (Å²) in [6, 6.07) is 11.8. The number of nitrogens with one attached hydrogen (secondary N) is 1. The van der Waals surface area contributed by atoms with E-state index in [0.717, 1.165) is 73.1 Å². The molecule has 6 rings (SSSR count). The van der Waals surface area contributed by atoms with Crippen molar-refractivity contribution in [2.45, 2.75) is 102 Å². The van der Waals surface area contributed by atoms with Crippen molar-refractivity contribution in [3.8, 4) is 16.9 Å². The van der Waals surface area contributed by atoms with Gasteiger partial charge in [0.25, 0.3) is 0 Å². The van der Waals surface area contributed by atoms with Crippen LogP contribution in [0.5, 0.6) is 5.75 Å². The Labute approximate surface area is 245 Å². The van der Waals surface area contributed by atoms with Gasteiger partial charge in [0.2, 0.25) is 5.91 Å². The highest BCUT2D eigenvalue weighted by Crippen LogP contribution is 2.44. The maximum atomic E-state index is 14.6. The molecule has 6 heteroatoms. The molecule has 2 N–H and O–H groups in total. The summed E-state index contributed by atoms with van der Waals surface area (Å²) in [5.41, 5.74) is 5.14. The minimum atomic E-state index is -0.126. The van der Waals surface area contributed by atoms with E-state index < -0.39 is 0 Å². The van der Waals surface area contributed by atoms with Gasteiger partial charge in [0, 0.05) is 24.6 Å². The zero-order valence-electron chi connectivity index (χ0n) is 25.3. The van der Waals surface area contributed by atoms with Gasteiger partial charge in [-0.1, -0.05) is 38.5 Å². The summed E-state index contributed by atoms with van der Waals surface area (Å²) < 4.78 is 20.2. The number of nitrogens with zero attached hydrogens (tertiary/aromatic N) is 1. The fourth-order valence-corrected chi connectivity index (χ4v) is 6.59. The molecule has 0 bridgehead atoms. The van der Waals surface area contributed by atoms with Crippen LogP contribution in [0.1, 0.15) is 95.1 Å². The molecule has 2 aromatic carbocycles. The highest BCUT2D eigenvalue weighted by Gasteiger charge is 2.40. The zero-order valence-corrected chi connectivity index (χ0v) is 25.3. The topological polar surface area (TPSA) is 61.8 Å². The highest BCUT2D eigenvalue weighted by molar-refractivity contribution is 5.82. The molecule has 4 fully saturated rings. The Hall–Kier alpha value is -2.86. The minimum Gasteiger partial charge on any atom is -0.512 e. The van der Waals surface area contributed by atoms with Gasteiger partial charge < -0.3 is 15.2 Å². The second-order valence-electron chi connectivity index (χ2n) is 13.4. The van der Waals surface area contributed by atoms with Crippen molar-refractivity contribution in [2.24, 2.45) is 5.41 Å². The van der Waals surface area contributed by atoms with Crippen molar-refractivity contribution in [3.05, 3.63) is 64.7 Å². The number of aliphatic hydroxyl groups is 1. The van der Waals surface area contributed by atoms with Crippen LogP contribution < -0.4 is 10.1 Å². The first-order chi connectivity index (χ1) is 19.6. The van der Waals surface area contributed by atoms with E-state index in [4.69, 9.17) is 4.74 Å². The Balaban J connectivity index is 0.000000191. The third kappa shape index (κ3) is 6.80. The summed E-state index contributed by atoms with van der Waals surface area (Å²) in [5.74, 6) is 1.65. The number of hydrogen-bond acceptors (Lipinski definition) is 4. The minimum absolute atomic E-state index is 0.0978. The van der Waals surface area contributed by atoms with E-state index in [-0.39, 0.29) is 23.2 Å². The van der Waals surface area contributed by atoms with Crippen molar-refractivity contribution >= 4 is 5.91 Å². The lowest BCUT2D eigenvalue weighted by atomic mass is 9.76. The van der Waals surface area contributed by atoms with Crippen LogP contribution in [0.25, 0.3) is 11.1 Å². The lowest BCUT2D eigenvalue weighted by Crippen LogP contribution is -2.47. The van der Waals surface area contributed by atoms with Gasteiger partial charge in [-0.3, -0.25) is 9.69 Å². The number of rotatable bonds is 7. The number of hydrogen-bond donors (Lipinski definition) is 2. The molecular weight excluding hydrogens is 515 g/mol. The van der Waals surface area contributed by atoms with E-state index in [1.165, 1.54) is 31.3 Å². The van der Waals surface area contributed by atoms with Crippen molar-refractivity contribution in [1.29, 1.82) is 0 Å². The number of carbonyl (C=O) groups is 1. The first-order valence-electron chi connectivity index (χ1n) is 15.5. The molecule has 1 amide bonds. The third-order valence-electron chi connectivity index (χ3n) is 9.57. The Morgan fingerprint density at radius 3 is 2.34 bits per heavy atom. The number of allylic oxidation sites excluding steroid dienone is 2. The number of likely N-dealkylation sites (tertiary alicyclic amines) is 1. The number of methoxy groups -OCH3 is 1. The van der Waals surface area contributed by atoms with E-state index in [1.807, 2.05) is 24.3 Å². The monoisotopic (exact) mass is 562 g/mol. The molecular formula is C35H47FN2O3. The lowest BCUT2D eigenvalue weighted by molar-refractivity contribution is -0.126. The Morgan fingerprint density at radius 1 is 1.07 bits per heavy atom. The van der Waals surface area contributed by atoms with Crippen LogP contribution in [0.2, 0.25) is 0 Å². The molecule has 0 aromatic heterocycles. The normalized spacial score (nSPS) is 22.1. The van der Waals surface area contributed by atoms with Gasteiger partial charge in [0.05, 0.1) is 18.9 Å². The maximum absolute atomic E-state index is 14.6. The molecule has 2 aromatic rings. The number of amides is 1. The van der Waals surface area contributed by atoms with Gasteiger partial charge in [-0.05, 0) is 117 Å². The van der Waals surface area contributed by atoms with Crippen molar-refractivity contribution in [3.63, 3.8) is 0 Å². The van der Waals surface area contributed by atoms with Crippen LogP contribution in [0.15, 0.2) is 47.7 Å². The number of ether oxygens (including phenoxy) is 1. The maximum Gasteiger partial charge on any atom is 0.237 e. The Bertz CT molecular complexity index is 1270. The first kappa shape index (κ1) is 29.6. The number of benzene rings is 2. The zero-order chi connectivity index (χ0) is 29.1. The Kier molecular flexibility index (Phi) is 9.08. The number of likely N-dealkylation sites (N-methyl/N-ethyl adjacent to an activating group) is 1. The van der Waals surface area contributed by atoms with Crippen LogP contribution in [0, 0.1) is 11.2 Å². The van der Waals surface area contributed by atoms with Gasteiger partial charge in [0.15, 0.2) is 0 Å². The molecule has 1 saturated heterocycles. The SMILES string of the molecule is CN1CC(C)(C)CC1C(=O)NC1CCC1.COc1ccc(CC(O)=C2CCC2)cc1-c1cccc(F)c1C1CCC1. The highest BCUT2D eigenvalue weighted by atomic mass is 19.1. The molecule has 3 aliphatic carbocycles. The molecule has 41 heavy (non-hydrogen) atoms. The average Bonchev–Trinajstić information content (AvgIpc) is 3.12. The van der Waals surface area contributed by atoms with Crippen LogP contribution in [0.3, 0.4) is 0 Å². The second kappa shape index (κ2) is 12.6. The predicted octanol–water partition coefficient (Wildman–Crippen LogP) is 7.69. The van der Waals surface area contributed by atoms with Crippen molar-refractivity contribution in [2.75, 3.05) is 20.7 Å². The smallest absolute Gasteiger partial charge is 0.237 e. The summed E-state index contributed by atoms with van der Waals surface area (Å²) in [5, 5.41) is 13.5. The van der Waals surface area contributed by atoms with Gasteiger partial charge >= 0.3 is 0 Å². The Morgan fingerprint density at radius 2 is 1.80 bits per heavy atom. The molecule has 1 aliphatic heterocycles. The first-order valence-corrected chi connectivity index (χ1v) is 15.5. The summed E-state index contributed by atoms with van der Waals surface area (Å²) >= 11 is 0. The molecule has 4 aliphatic rings. The van der Waals surface area contributed by atoms with E-state index in [0.29, 0.717) is 24.1 Å². The van der Waals surface area contributed by atoms with Crippen molar-refractivity contribution in [1.82, 2.24) is 10.2 Å². The molecule has 1 unspecified atom stereocenters. The van der Waals surface area contributed by atoms with E-state index in [9.17, 15) is 14.3 Å². The summed E-state index contributed by atoms with van der Waals surface area (Å²) in [4.78, 5) is 14.2. The molecule has 0 radical (unpaired) electrons. The third-order valence-corrected chi connectivity index (χ3v) is 9.57. The van der Waals surface area contributed by atoms with E-state index in [2.05, 4.69) is 31.1 Å². The fraction of sp³-hybridized carbons (Fsp3) is 0.571. The molecule has 1 heterocycles. The van der Waals surface area contributed by atoms with Crippen LogP contribution in [0.4, 0.5) is 4.39 Å². The number of halogens is 1. The van der Waals surface area contributed by atoms with E-state index >= 15 is 0 Å². The molecule has 3 saturated carbocycles. The average molecular weight is 563 g/mol. The fourth-order valence-electron chi connectivity index (χ4n) is 6.59. The summed E-state index contributed by atoms with van der Waals surface area (Å²) in [6.07, 6.45) is 11.6. The predicted molar refractivity (Wildman–Crippen MR) is 163 cm³/mol. The molecule has 0 spiro atoms. The molecule has 1 atom stereocenters. The van der Waals surface area contributed by atoms with Gasteiger partial charge in [0.1, 0.15) is 11.6 Å². The molecule has 5 nitrogen and oxygen atoms in total. The van der Waals surface area contributed by atoms with Gasteiger partial charge in [-0.15, -0.1) is 0 Å². The summed E-state index contributed by atoms with van der Waals surface area (Å²) in [7, 11) is 3.70. The lowest BCUT2D eigenvalue weighted by Gasteiger charge is -2.29.